The molecule has 2 N–H and O–H groups in total. The lowest BCUT2D eigenvalue weighted by Crippen LogP contribution is -2.29. The van der Waals surface area contributed by atoms with E-state index in [1.807, 2.05) is 0 Å². The second-order valence-corrected chi connectivity index (χ2v) is 14.4. The highest BCUT2D eigenvalue weighted by Crippen LogP contribution is 2.37. The molecule has 42 heavy (non-hydrogen) atoms. The Balaban J connectivity index is 1.33. The largest absolute Gasteiger partial charge is 0.332 e. The summed E-state index contributed by atoms with van der Waals surface area (Å²) >= 11 is 5.97. The molecule has 0 bridgehead atoms. The summed E-state index contributed by atoms with van der Waals surface area (Å²) in [5.74, 6) is 0. The van der Waals surface area contributed by atoms with Crippen molar-refractivity contribution in [2.45, 2.75) is 0 Å². The zero-order chi connectivity index (χ0) is 28.6. The van der Waals surface area contributed by atoms with Crippen molar-refractivity contribution < 1.29 is 0 Å². The molecule has 6 aromatic carbocycles. The fourth-order valence-corrected chi connectivity index (χ4v) is 10.0. The highest BCUT2D eigenvalue weighted by atomic mass is 32.1. The first kappa shape index (κ1) is 28.0. The standard InChI is InChI=1S/C37H30N2P2S/c42-37(38-33-25-13-15-27-35(33)40(29-17-5-1-6-18-29)30-19-7-2-8-20-30)39-34-26-14-16-28-36(34)41(31-21-9-3-10-22-31)32-23-11-4-12-24-32/h1-28H,(H2,38,39,42). The number of para-hydroxylation sites is 2. The first-order valence-corrected chi connectivity index (χ1v) is 16.9. The van der Waals surface area contributed by atoms with E-state index in [0.717, 1.165) is 11.4 Å². The fraction of sp³-hybridized carbons (Fsp3) is 0. The summed E-state index contributed by atoms with van der Waals surface area (Å²) in [6.45, 7) is 0. The van der Waals surface area contributed by atoms with Gasteiger partial charge in [-0.2, -0.15) is 0 Å². The maximum Gasteiger partial charge on any atom is 0.175 e. The van der Waals surface area contributed by atoms with Crippen LogP contribution in [0.25, 0.3) is 0 Å². The molecule has 0 saturated carbocycles. The molecule has 2 nitrogen and oxygen atoms in total. The SMILES string of the molecule is S=C(Nc1ccccc1P(c1ccccc1)c1ccccc1)Nc1ccccc1P(c1ccccc1)c1ccccc1. The maximum absolute atomic E-state index is 5.97. The Labute approximate surface area is 256 Å². The first-order chi connectivity index (χ1) is 20.8. The van der Waals surface area contributed by atoms with Crippen LogP contribution in [0.4, 0.5) is 11.4 Å². The van der Waals surface area contributed by atoms with Crippen LogP contribution < -0.4 is 42.5 Å². The molecule has 0 unspecified atom stereocenters. The summed E-state index contributed by atoms with van der Waals surface area (Å²) in [6, 6.07) is 60.0. The van der Waals surface area contributed by atoms with E-state index in [4.69, 9.17) is 12.2 Å². The number of rotatable bonds is 8. The molecule has 6 aromatic rings. The van der Waals surface area contributed by atoms with E-state index in [1.165, 1.54) is 31.8 Å². The van der Waals surface area contributed by atoms with E-state index in [0.29, 0.717) is 5.11 Å². The Bertz CT molecular complexity index is 1540. The predicted molar refractivity (Wildman–Crippen MR) is 190 cm³/mol. The van der Waals surface area contributed by atoms with Crippen LogP contribution in [0.15, 0.2) is 170 Å². The Hall–Kier alpha value is -4.13. The minimum absolute atomic E-state index is 0.571. The van der Waals surface area contributed by atoms with Gasteiger partial charge < -0.3 is 10.6 Å². The molecule has 0 radical (unpaired) electrons. The number of thiocarbonyl (C=S) groups is 1. The molecular weight excluding hydrogens is 566 g/mol. The Morgan fingerprint density at radius 2 is 0.619 bits per heavy atom. The van der Waals surface area contributed by atoms with Gasteiger partial charge in [0.2, 0.25) is 0 Å². The molecule has 0 amide bonds. The molecule has 0 heterocycles. The van der Waals surface area contributed by atoms with Crippen molar-refractivity contribution in [1.29, 1.82) is 0 Å². The monoisotopic (exact) mass is 596 g/mol. The van der Waals surface area contributed by atoms with Gasteiger partial charge in [-0.25, -0.2) is 0 Å². The second kappa shape index (κ2) is 13.7. The van der Waals surface area contributed by atoms with Gasteiger partial charge in [0.25, 0.3) is 0 Å². The second-order valence-electron chi connectivity index (χ2n) is 9.63. The van der Waals surface area contributed by atoms with Gasteiger partial charge >= 0.3 is 0 Å². The molecule has 204 valence electrons. The van der Waals surface area contributed by atoms with Gasteiger partial charge in [0, 0.05) is 22.0 Å². The van der Waals surface area contributed by atoms with E-state index >= 15 is 0 Å². The molecule has 0 aliphatic heterocycles. The molecule has 0 aliphatic carbocycles. The first-order valence-electron chi connectivity index (χ1n) is 13.8. The molecule has 0 saturated heterocycles. The number of nitrogens with one attached hydrogen (secondary N) is 2. The van der Waals surface area contributed by atoms with Gasteiger partial charge in [-0.05, 0) is 61.4 Å². The summed E-state index contributed by atoms with van der Waals surface area (Å²) in [4.78, 5) is 0. The average Bonchev–Trinajstić information content (AvgIpc) is 3.05. The van der Waals surface area contributed by atoms with Crippen molar-refractivity contribution in [2.75, 3.05) is 10.6 Å². The number of hydrogen-bond donors (Lipinski definition) is 2. The lowest BCUT2D eigenvalue weighted by molar-refractivity contribution is 1.63. The van der Waals surface area contributed by atoms with Crippen molar-refractivity contribution in [1.82, 2.24) is 0 Å². The predicted octanol–water partition coefficient (Wildman–Crippen LogP) is 7.01. The summed E-state index contributed by atoms with van der Waals surface area (Å²) < 4.78 is 0. The van der Waals surface area contributed by atoms with Gasteiger partial charge in [-0.3, -0.25) is 0 Å². The van der Waals surface area contributed by atoms with Crippen LogP contribution in [-0.4, -0.2) is 5.11 Å². The number of hydrogen-bond acceptors (Lipinski definition) is 1. The summed E-state index contributed by atoms with van der Waals surface area (Å²) in [6.07, 6.45) is 0. The molecule has 0 atom stereocenters. The smallest absolute Gasteiger partial charge is 0.175 e. The van der Waals surface area contributed by atoms with Crippen LogP contribution in [0, 0.1) is 0 Å². The van der Waals surface area contributed by atoms with Gasteiger partial charge in [-0.15, -0.1) is 0 Å². The molecule has 0 spiro atoms. The highest BCUT2D eigenvalue weighted by molar-refractivity contribution is 7.81. The van der Waals surface area contributed by atoms with Crippen molar-refractivity contribution in [2.24, 2.45) is 0 Å². The zero-order valence-electron chi connectivity index (χ0n) is 23.0. The third-order valence-electron chi connectivity index (χ3n) is 6.84. The van der Waals surface area contributed by atoms with Crippen LogP contribution in [0.3, 0.4) is 0 Å². The Kier molecular flexibility index (Phi) is 9.13. The van der Waals surface area contributed by atoms with E-state index in [9.17, 15) is 0 Å². The maximum atomic E-state index is 5.97. The molecule has 5 heteroatoms. The third-order valence-corrected chi connectivity index (χ3v) is 12.0. The van der Waals surface area contributed by atoms with Crippen LogP contribution in [-0.2, 0) is 0 Å². The molecule has 0 fully saturated rings. The minimum atomic E-state index is -0.780. The Morgan fingerprint density at radius 3 is 0.929 bits per heavy atom. The minimum Gasteiger partial charge on any atom is -0.332 e. The molecule has 0 aromatic heterocycles. The summed E-state index contributed by atoms with van der Waals surface area (Å²) in [5, 5.41) is 15.4. The highest BCUT2D eigenvalue weighted by Gasteiger charge is 2.22. The summed E-state index contributed by atoms with van der Waals surface area (Å²) in [7, 11) is -1.56. The molecule has 6 rings (SSSR count). The number of anilines is 2. The van der Waals surface area contributed by atoms with Crippen molar-refractivity contribution >= 4 is 76.4 Å². The van der Waals surface area contributed by atoms with Crippen LogP contribution in [0.1, 0.15) is 0 Å². The average molecular weight is 597 g/mol. The summed E-state index contributed by atoms with van der Waals surface area (Å²) in [5.41, 5.74) is 2.03. The fourth-order valence-electron chi connectivity index (χ4n) is 4.99. The quantitative estimate of drug-likeness (QED) is 0.146. The lowest BCUT2D eigenvalue weighted by atomic mass is 10.3. The van der Waals surface area contributed by atoms with E-state index in [2.05, 4.69) is 180 Å². The van der Waals surface area contributed by atoms with Gasteiger partial charge in [0.05, 0.1) is 0 Å². The normalized spacial score (nSPS) is 10.9. The topological polar surface area (TPSA) is 24.1 Å². The van der Waals surface area contributed by atoms with Crippen molar-refractivity contribution in [3.05, 3.63) is 170 Å². The lowest BCUT2D eigenvalue weighted by Gasteiger charge is -2.25. The molecular formula is C37H30N2P2S. The van der Waals surface area contributed by atoms with Gasteiger partial charge in [0.15, 0.2) is 5.11 Å². The van der Waals surface area contributed by atoms with E-state index in [-0.39, 0.29) is 0 Å². The third kappa shape index (κ3) is 6.51. The van der Waals surface area contributed by atoms with Gasteiger partial charge in [-0.1, -0.05) is 158 Å². The van der Waals surface area contributed by atoms with Crippen LogP contribution >= 0.6 is 28.1 Å². The number of benzene rings is 6. The van der Waals surface area contributed by atoms with E-state index < -0.39 is 15.8 Å². The molecule has 0 aliphatic rings. The zero-order valence-corrected chi connectivity index (χ0v) is 25.6. The van der Waals surface area contributed by atoms with Crippen LogP contribution in [0.2, 0.25) is 0 Å². The Morgan fingerprint density at radius 1 is 0.357 bits per heavy atom. The van der Waals surface area contributed by atoms with Crippen molar-refractivity contribution in [3.8, 4) is 0 Å². The van der Waals surface area contributed by atoms with E-state index in [1.54, 1.807) is 0 Å². The van der Waals surface area contributed by atoms with Gasteiger partial charge in [0.1, 0.15) is 0 Å². The van der Waals surface area contributed by atoms with Crippen molar-refractivity contribution in [3.63, 3.8) is 0 Å². The van der Waals surface area contributed by atoms with Crippen LogP contribution in [0.5, 0.6) is 0 Å².